The largest absolute Gasteiger partial charge is 0.364 e. The summed E-state index contributed by atoms with van der Waals surface area (Å²) in [5, 5.41) is 16.7. The molecule has 104 valence electrons. The van der Waals surface area contributed by atoms with E-state index in [1.165, 1.54) is 6.26 Å². The monoisotopic (exact) mass is 315 g/mol. The third-order valence-corrected chi connectivity index (χ3v) is 3.19. The lowest BCUT2D eigenvalue weighted by Gasteiger charge is -2.06. The highest BCUT2D eigenvalue weighted by Gasteiger charge is 2.19. The van der Waals surface area contributed by atoms with Gasteiger partial charge in [-0.3, -0.25) is 14.9 Å². The number of nitro benzene ring substituents is 1. The SMILES string of the molecule is O=C(NCc1ccon1)c1cc([N+](=O)[O-])cc(Cl)c1Cl. The third kappa shape index (κ3) is 3.06. The van der Waals surface area contributed by atoms with Crippen molar-refractivity contribution in [2.24, 2.45) is 0 Å². The smallest absolute Gasteiger partial charge is 0.271 e. The molecule has 1 N–H and O–H groups in total. The molecule has 0 aliphatic rings. The molecular formula is C11H7Cl2N3O4. The zero-order chi connectivity index (χ0) is 14.7. The molecule has 0 spiro atoms. The minimum Gasteiger partial charge on any atom is -0.364 e. The van der Waals surface area contributed by atoms with Crippen molar-refractivity contribution in [2.75, 3.05) is 0 Å². The molecule has 0 radical (unpaired) electrons. The molecule has 9 heteroatoms. The molecule has 0 saturated carbocycles. The molecule has 0 unspecified atom stereocenters. The standard InChI is InChI=1S/C11H7Cl2N3O4/c12-9-4-7(16(18)19)3-8(10(9)13)11(17)14-5-6-1-2-20-15-6/h1-4H,5H2,(H,14,17). The Hall–Kier alpha value is -2.12. The van der Waals surface area contributed by atoms with Gasteiger partial charge >= 0.3 is 0 Å². The molecule has 0 saturated heterocycles. The summed E-state index contributed by atoms with van der Waals surface area (Å²) < 4.78 is 4.61. The number of amides is 1. The minimum absolute atomic E-state index is 0.0464. The fraction of sp³-hybridized carbons (Fsp3) is 0.0909. The van der Waals surface area contributed by atoms with Crippen molar-refractivity contribution in [3.63, 3.8) is 0 Å². The van der Waals surface area contributed by atoms with Crippen molar-refractivity contribution in [1.82, 2.24) is 10.5 Å². The van der Waals surface area contributed by atoms with Gasteiger partial charge in [-0.05, 0) is 0 Å². The van der Waals surface area contributed by atoms with Crippen LogP contribution >= 0.6 is 23.2 Å². The van der Waals surface area contributed by atoms with Gasteiger partial charge < -0.3 is 9.84 Å². The van der Waals surface area contributed by atoms with Crippen LogP contribution in [0.2, 0.25) is 10.0 Å². The lowest BCUT2D eigenvalue weighted by atomic mass is 10.2. The molecule has 0 aliphatic carbocycles. The Morgan fingerprint density at radius 2 is 2.20 bits per heavy atom. The average molecular weight is 316 g/mol. The van der Waals surface area contributed by atoms with E-state index >= 15 is 0 Å². The first-order valence-corrected chi connectivity index (χ1v) is 6.05. The molecule has 0 fully saturated rings. The Morgan fingerprint density at radius 1 is 1.45 bits per heavy atom. The Bertz CT molecular complexity index is 658. The second-order valence-electron chi connectivity index (χ2n) is 3.72. The predicted molar refractivity (Wildman–Crippen MR) is 70.8 cm³/mol. The summed E-state index contributed by atoms with van der Waals surface area (Å²) in [6.07, 6.45) is 1.36. The highest BCUT2D eigenvalue weighted by atomic mass is 35.5. The van der Waals surface area contributed by atoms with Gasteiger partial charge in [0.2, 0.25) is 0 Å². The van der Waals surface area contributed by atoms with E-state index in [9.17, 15) is 14.9 Å². The van der Waals surface area contributed by atoms with E-state index < -0.39 is 10.8 Å². The van der Waals surface area contributed by atoms with E-state index in [0.717, 1.165) is 12.1 Å². The summed E-state index contributed by atoms with van der Waals surface area (Å²) in [7, 11) is 0. The number of aromatic nitrogens is 1. The first kappa shape index (κ1) is 14.3. The van der Waals surface area contributed by atoms with Crippen LogP contribution in [0.4, 0.5) is 5.69 Å². The molecule has 1 aromatic carbocycles. The molecule has 1 heterocycles. The molecule has 2 rings (SSSR count). The maximum absolute atomic E-state index is 12.0. The van der Waals surface area contributed by atoms with Crippen molar-refractivity contribution >= 4 is 34.8 Å². The van der Waals surface area contributed by atoms with Crippen molar-refractivity contribution in [3.05, 3.63) is 55.9 Å². The van der Waals surface area contributed by atoms with Crippen LogP contribution in [0.3, 0.4) is 0 Å². The zero-order valence-electron chi connectivity index (χ0n) is 9.80. The van der Waals surface area contributed by atoms with E-state index in [4.69, 9.17) is 23.2 Å². The van der Waals surface area contributed by atoms with Crippen LogP contribution in [0.1, 0.15) is 16.1 Å². The maximum Gasteiger partial charge on any atom is 0.271 e. The first-order valence-electron chi connectivity index (χ1n) is 5.30. The lowest BCUT2D eigenvalue weighted by molar-refractivity contribution is -0.384. The number of nitrogens with one attached hydrogen (secondary N) is 1. The van der Waals surface area contributed by atoms with Crippen LogP contribution in [0.15, 0.2) is 29.0 Å². The number of nitro groups is 1. The van der Waals surface area contributed by atoms with Gasteiger partial charge in [0.25, 0.3) is 11.6 Å². The van der Waals surface area contributed by atoms with Crippen molar-refractivity contribution in [3.8, 4) is 0 Å². The van der Waals surface area contributed by atoms with Gasteiger partial charge in [-0.2, -0.15) is 0 Å². The Kier molecular flexibility index (Phi) is 4.21. The second kappa shape index (κ2) is 5.89. The Balaban J connectivity index is 2.22. The number of carbonyl (C=O) groups excluding carboxylic acids is 1. The van der Waals surface area contributed by atoms with Crippen molar-refractivity contribution < 1.29 is 14.2 Å². The number of hydrogen-bond donors (Lipinski definition) is 1. The van der Waals surface area contributed by atoms with Gasteiger partial charge in [0.15, 0.2) is 0 Å². The molecule has 1 amide bonds. The first-order chi connectivity index (χ1) is 9.49. The summed E-state index contributed by atoms with van der Waals surface area (Å²) in [6, 6.07) is 3.72. The highest BCUT2D eigenvalue weighted by molar-refractivity contribution is 6.44. The molecule has 1 aromatic heterocycles. The van der Waals surface area contributed by atoms with Gasteiger partial charge in [0.1, 0.15) is 12.0 Å². The predicted octanol–water partition coefficient (Wildman–Crippen LogP) is 2.82. The third-order valence-electron chi connectivity index (χ3n) is 2.39. The number of non-ortho nitro benzene ring substituents is 1. The Morgan fingerprint density at radius 3 is 2.80 bits per heavy atom. The van der Waals surface area contributed by atoms with E-state index in [1.54, 1.807) is 6.07 Å². The summed E-state index contributed by atoms with van der Waals surface area (Å²) in [6.45, 7) is 0.103. The Labute approximate surface area is 122 Å². The molecule has 20 heavy (non-hydrogen) atoms. The second-order valence-corrected chi connectivity index (χ2v) is 4.50. The summed E-state index contributed by atoms with van der Waals surface area (Å²) in [5.74, 6) is -0.594. The molecule has 0 bridgehead atoms. The number of halogens is 2. The van der Waals surface area contributed by atoms with Gasteiger partial charge in [-0.15, -0.1) is 0 Å². The van der Waals surface area contributed by atoms with E-state index in [2.05, 4.69) is 15.0 Å². The molecule has 0 aliphatic heterocycles. The molecular weight excluding hydrogens is 309 g/mol. The average Bonchev–Trinajstić information content (AvgIpc) is 2.92. The van der Waals surface area contributed by atoms with E-state index in [0.29, 0.717) is 5.69 Å². The van der Waals surface area contributed by atoms with E-state index in [1.807, 2.05) is 0 Å². The van der Waals surface area contributed by atoms with Crippen LogP contribution < -0.4 is 5.32 Å². The van der Waals surface area contributed by atoms with Gasteiger partial charge in [-0.1, -0.05) is 28.4 Å². The van der Waals surface area contributed by atoms with Gasteiger partial charge in [0.05, 0.1) is 27.1 Å². The van der Waals surface area contributed by atoms with Crippen LogP contribution in [0.5, 0.6) is 0 Å². The number of hydrogen-bond acceptors (Lipinski definition) is 5. The quantitative estimate of drug-likeness (QED) is 0.691. The normalized spacial score (nSPS) is 10.3. The van der Waals surface area contributed by atoms with Gasteiger partial charge in [-0.25, -0.2) is 0 Å². The molecule has 7 nitrogen and oxygen atoms in total. The van der Waals surface area contributed by atoms with E-state index in [-0.39, 0.29) is 27.8 Å². The number of benzene rings is 1. The summed E-state index contributed by atoms with van der Waals surface area (Å²) in [5.41, 5.74) is 0.117. The summed E-state index contributed by atoms with van der Waals surface area (Å²) in [4.78, 5) is 22.0. The lowest BCUT2D eigenvalue weighted by Crippen LogP contribution is -2.23. The van der Waals surface area contributed by atoms with Crippen LogP contribution in [-0.2, 0) is 6.54 Å². The van der Waals surface area contributed by atoms with Crippen molar-refractivity contribution in [1.29, 1.82) is 0 Å². The fourth-order valence-corrected chi connectivity index (χ4v) is 1.85. The van der Waals surface area contributed by atoms with Crippen LogP contribution in [0.25, 0.3) is 0 Å². The molecule has 0 atom stereocenters. The zero-order valence-corrected chi connectivity index (χ0v) is 11.3. The van der Waals surface area contributed by atoms with Gasteiger partial charge in [0, 0.05) is 18.2 Å². The van der Waals surface area contributed by atoms with Crippen molar-refractivity contribution in [2.45, 2.75) is 6.54 Å². The summed E-state index contributed by atoms with van der Waals surface area (Å²) >= 11 is 11.6. The topological polar surface area (TPSA) is 98.3 Å². The van der Waals surface area contributed by atoms with Crippen LogP contribution in [-0.4, -0.2) is 16.0 Å². The highest BCUT2D eigenvalue weighted by Crippen LogP contribution is 2.30. The minimum atomic E-state index is -0.656. The fourth-order valence-electron chi connectivity index (χ4n) is 1.44. The molecule has 2 aromatic rings. The van der Waals surface area contributed by atoms with Crippen LogP contribution in [0, 0.1) is 10.1 Å². The number of rotatable bonds is 4. The maximum atomic E-state index is 12.0. The number of carbonyl (C=O) groups is 1. The number of nitrogens with zero attached hydrogens (tertiary/aromatic N) is 2.